The van der Waals surface area contributed by atoms with Gasteiger partial charge in [-0.25, -0.2) is 0 Å². The van der Waals surface area contributed by atoms with Crippen LogP contribution in [0.25, 0.3) is 0 Å². The molecule has 2 saturated carbocycles. The minimum atomic E-state index is 0.953. The molecule has 0 saturated heterocycles. The van der Waals surface area contributed by atoms with Crippen LogP contribution in [0.1, 0.15) is 72.6 Å². The zero-order valence-electron chi connectivity index (χ0n) is 12.4. The Morgan fingerprint density at radius 1 is 0.882 bits per heavy atom. The van der Waals surface area contributed by atoms with Crippen LogP contribution in [0.5, 0.6) is 0 Å². The lowest BCUT2D eigenvalue weighted by molar-refractivity contribution is 0.199. The predicted molar refractivity (Wildman–Crippen MR) is 76.0 cm³/mol. The third-order valence-electron chi connectivity index (χ3n) is 6.30. The molecule has 2 aliphatic carbocycles. The molecular formula is C17H32. The normalized spacial score (nSPS) is 48.0. The van der Waals surface area contributed by atoms with Gasteiger partial charge in [0.25, 0.3) is 0 Å². The summed E-state index contributed by atoms with van der Waals surface area (Å²) in [5.74, 6) is 6.06. The van der Waals surface area contributed by atoms with E-state index < -0.39 is 0 Å². The van der Waals surface area contributed by atoms with Crippen LogP contribution in [0, 0.1) is 35.5 Å². The van der Waals surface area contributed by atoms with Gasteiger partial charge in [-0.15, -0.1) is 0 Å². The van der Waals surface area contributed by atoms with E-state index in [1.807, 2.05) is 0 Å². The van der Waals surface area contributed by atoms with Gasteiger partial charge >= 0.3 is 0 Å². The zero-order valence-corrected chi connectivity index (χ0v) is 12.4. The molecule has 0 N–H and O–H groups in total. The van der Waals surface area contributed by atoms with Crippen molar-refractivity contribution in [2.24, 2.45) is 35.5 Å². The molecule has 17 heavy (non-hydrogen) atoms. The molecule has 0 amide bonds. The maximum absolute atomic E-state index is 2.53. The van der Waals surface area contributed by atoms with Gasteiger partial charge in [-0.2, -0.15) is 0 Å². The molecule has 0 aromatic carbocycles. The molecule has 100 valence electrons. The first-order valence-electron chi connectivity index (χ1n) is 8.13. The fourth-order valence-corrected chi connectivity index (χ4v) is 4.73. The Morgan fingerprint density at radius 2 is 1.65 bits per heavy atom. The van der Waals surface area contributed by atoms with Gasteiger partial charge in [0.15, 0.2) is 0 Å². The van der Waals surface area contributed by atoms with E-state index in [0.29, 0.717) is 0 Å². The monoisotopic (exact) mass is 236 g/mol. The molecule has 0 aromatic heterocycles. The second-order valence-electron chi connectivity index (χ2n) is 7.15. The quantitative estimate of drug-likeness (QED) is 0.562. The predicted octanol–water partition coefficient (Wildman–Crippen LogP) is 5.52. The smallest absolute Gasteiger partial charge is 0.0360 e. The Labute approximate surface area is 109 Å². The highest BCUT2D eigenvalue weighted by Gasteiger charge is 2.36. The highest BCUT2D eigenvalue weighted by atomic mass is 14.4. The second-order valence-corrected chi connectivity index (χ2v) is 7.15. The van der Waals surface area contributed by atoms with Crippen molar-refractivity contribution in [3.05, 3.63) is 0 Å². The van der Waals surface area contributed by atoms with E-state index in [9.17, 15) is 0 Å². The van der Waals surface area contributed by atoms with E-state index in [1.165, 1.54) is 44.9 Å². The van der Waals surface area contributed by atoms with E-state index in [4.69, 9.17) is 0 Å². The summed E-state index contributed by atoms with van der Waals surface area (Å²) < 4.78 is 0. The number of hydrogen-bond donors (Lipinski definition) is 0. The molecule has 6 atom stereocenters. The van der Waals surface area contributed by atoms with Gasteiger partial charge < -0.3 is 0 Å². The van der Waals surface area contributed by atoms with Crippen LogP contribution in [0.3, 0.4) is 0 Å². The highest BCUT2D eigenvalue weighted by Crippen LogP contribution is 2.46. The lowest BCUT2D eigenvalue weighted by atomic mass is 9.76. The molecule has 2 fully saturated rings. The summed E-state index contributed by atoms with van der Waals surface area (Å²) >= 11 is 0. The summed E-state index contributed by atoms with van der Waals surface area (Å²) in [4.78, 5) is 0. The molecule has 0 heterocycles. The average Bonchev–Trinajstić information content (AvgIpc) is 2.68. The average molecular weight is 236 g/mol. The van der Waals surface area contributed by atoms with Crippen molar-refractivity contribution in [3.8, 4) is 0 Å². The number of rotatable bonds is 1. The Balaban J connectivity index is 2.09. The summed E-state index contributed by atoms with van der Waals surface area (Å²) in [5, 5.41) is 0. The van der Waals surface area contributed by atoms with Crippen molar-refractivity contribution >= 4 is 0 Å². The Hall–Kier alpha value is 0. The Morgan fingerprint density at radius 3 is 2.35 bits per heavy atom. The van der Waals surface area contributed by atoms with Crippen molar-refractivity contribution < 1.29 is 0 Å². The molecule has 2 rings (SSSR count). The SMILES string of the molecule is CCC1CC2CCC(C)C2CCCC(C)C1C. The van der Waals surface area contributed by atoms with Crippen LogP contribution in [0.15, 0.2) is 0 Å². The zero-order chi connectivity index (χ0) is 12.4. The fourth-order valence-electron chi connectivity index (χ4n) is 4.73. The lowest BCUT2D eigenvalue weighted by Crippen LogP contribution is -2.21. The Kier molecular flexibility index (Phi) is 4.55. The van der Waals surface area contributed by atoms with Crippen molar-refractivity contribution in [1.29, 1.82) is 0 Å². The maximum Gasteiger partial charge on any atom is -0.0360 e. The minimum Gasteiger partial charge on any atom is -0.0651 e. The molecule has 0 aromatic rings. The number of fused-ring (bicyclic) bond motifs is 1. The van der Waals surface area contributed by atoms with Crippen molar-refractivity contribution in [1.82, 2.24) is 0 Å². The van der Waals surface area contributed by atoms with Crippen LogP contribution >= 0.6 is 0 Å². The van der Waals surface area contributed by atoms with Crippen LogP contribution < -0.4 is 0 Å². The molecule has 0 aliphatic heterocycles. The molecular weight excluding hydrogens is 204 g/mol. The lowest BCUT2D eigenvalue weighted by Gasteiger charge is -2.30. The van der Waals surface area contributed by atoms with E-state index >= 15 is 0 Å². The second kappa shape index (κ2) is 5.76. The van der Waals surface area contributed by atoms with Gasteiger partial charge in [-0.3, -0.25) is 0 Å². The topological polar surface area (TPSA) is 0 Å². The van der Waals surface area contributed by atoms with Crippen LogP contribution in [-0.4, -0.2) is 0 Å². The minimum absolute atomic E-state index is 0.953. The third kappa shape index (κ3) is 2.88. The third-order valence-corrected chi connectivity index (χ3v) is 6.30. The first-order valence-corrected chi connectivity index (χ1v) is 8.13. The summed E-state index contributed by atoms with van der Waals surface area (Å²) in [7, 11) is 0. The summed E-state index contributed by atoms with van der Waals surface area (Å²) in [6.45, 7) is 9.95. The van der Waals surface area contributed by atoms with Crippen LogP contribution in [0.2, 0.25) is 0 Å². The van der Waals surface area contributed by atoms with Gasteiger partial charge in [-0.1, -0.05) is 53.4 Å². The molecule has 2 aliphatic rings. The largest absolute Gasteiger partial charge is 0.0651 e. The van der Waals surface area contributed by atoms with E-state index in [1.54, 1.807) is 0 Å². The van der Waals surface area contributed by atoms with Crippen molar-refractivity contribution in [2.75, 3.05) is 0 Å². The molecule has 0 spiro atoms. The van der Waals surface area contributed by atoms with Crippen LogP contribution in [-0.2, 0) is 0 Å². The first-order chi connectivity index (χ1) is 8.13. The van der Waals surface area contributed by atoms with Gasteiger partial charge in [0.05, 0.1) is 0 Å². The van der Waals surface area contributed by atoms with Gasteiger partial charge in [-0.05, 0) is 54.8 Å². The van der Waals surface area contributed by atoms with Crippen LogP contribution in [0.4, 0.5) is 0 Å². The van der Waals surface area contributed by atoms with Crippen molar-refractivity contribution in [2.45, 2.75) is 72.6 Å². The highest BCUT2D eigenvalue weighted by molar-refractivity contribution is 4.87. The molecule has 0 nitrogen and oxygen atoms in total. The molecule has 0 radical (unpaired) electrons. The van der Waals surface area contributed by atoms with Gasteiger partial charge in [0, 0.05) is 0 Å². The first kappa shape index (κ1) is 13.4. The Bertz CT molecular complexity index is 232. The van der Waals surface area contributed by atoms with Crippen molar-refractivity contribution in [3.63, 3.8) is 0 Å². The van der Waals surface area contributed by atoms with Gasteiger partial charge in [0.1, 0.15) is 0 Å². The molecule has 6 unspecified atom stereocenters. The summed E-state index contributed by atoms with van der Waals surface area (Å²) in [6.07, 6.45) is 10.5. The van der Waals surface area contributed by atoms with E-state index in [0.717, 1.165) is 35.5 Å². The summed E-state index contributed by atoms with van der Waals surface area (Å²) in [6, 6.07) is 0. The van der Waals surface area contributed by atoms with E-state index in [-0.39, 0.29) is 0 Å². The standard InChI is InChI=1S/C17H32/c1-5-15-11-16-10-9-13(3)17(16)8-6-7-12(2)14(15)4/h12-17H,5-11H2,1-4H3. The maximum atomic E-state index is 2.53. The molecule has 0 bridgehead atoms. The molecule has 0 heteroatoms. The fraction of sp³-hybridized carbons (Fsp3) is 1.00. The van der Waals surface area contributed by atoms with E-state index in [2.05, 4.69) is 27.7 Å². The number of hydrogen-bond acceptors (Lipinski definition) is 0. The summed E-state index contributed by atoms with van der Waals surface area (Å²) in [5.41, 5.74) is 0. The van der Waals surface area contributed by atoms with Gasteiger partial charge in [0.2, 0.25) is 0 Å².